The predicted octanol–water partition coefficient (Wildman–Crippen LogP) is 12.9. The molecule has 0 nitrogen and oxygen atoms in total. The van der Waals surface area contributed by atoms with Gasteiger partial charge in [-0.15, -0.1) is 0 Å². The normalized spacial score (nSPS) is 11.2. The maximum absolute atomic E-state index is 3.84. The molecule has 11 heteroatoms. The number of hydrogen-bond donors (Lipinski definition) is 0. The van der Waals surface area contributed by atoms with Gasteiger partial charge in [0.1, 0.15) is 0 Å². The Morgan fingerprint density at radius 3 is 1.28 bits per heavy atom. The van der Waals surface area contributed by atoms with Crippen LogP contribution in [0.3, 0.4) is 0 Å². The highest BCUT2D eigenvalue weighted by Crippen LogP contribution is 2.52. The largest absolute Gasteiger partial charge is 0.0864 e. The molecule has 0 amide bonds. The van der Waals surface area contributed by atoms with Gasteiger partial charge in [-0.2, -0.15) is 0 Å². The zero-order chi connectivity index (χ0) is 21.5. The zero-order valence-corrected chi connectivity index (χ0v) is 29.5. The SMILES string of the molecule is Brc1cc(Br)c(Sc2cc(Br)c(Br)c(Sc3c(Br)cc(Br)cc3Br)c2Br)c(Br)c1. The summed E-state index contributed by atoms with van der Waals surface area (Å²) in [4.78, 5) is 4.37. The molecule has 3 aromatic rings. The molecule has 0 aromatic heterocycles. The Kier molecular flexibility index (Phi) is 10.3. The summed E-state index contributed by atoms with van der Waals surface area (Å²) in [5.41, 5.74) is 0. The number of hydrogen-bond acceptors (Lipinski definition) is 2. The van der Waals surface area contributed by atoms with Crippen molar-refractivity contribution in [2.24, 2.45) is 0 Å². The van der Waals surface area contributed by atoms with Crippen molar-refractivity contribution >= 4 is 167 Å². The fourth-order valence-electron chi connectivity index (χ4n) is 2.19. The zero-order valence-electron chi connectivity index (χ0n) is 13.6. The Hall–Kier alpha value is 2.68. The lowest BCUT2D eigenvalue weighted by atomic mass is 10.3. The maximum atomic E-state index is 3.84. The van der Waals surface area contributed by atoms with Crippen LogP contribution in [0.15, 0.2) is 90.2 Å². The van der Waals surface area contributed by atoms with Gasteiger partial charge in [0.2, 0.25) is 0 Å². The molecule has 29 heavy (non-hydrogen) atoms. The van der Waals surface area contributed by atoms with Gasteiger partial charge in [-0.3, -0.25) is 0 Å². The van der Waals surface area contributed by atoms with Crippen molar-refractivity contribution in [3.63, 3.8) is 0 Å². The van der Waals surface area contributed by atoms with E-state index in [-0.39, 0.29) is 0 Å². The van der Waals surface area contributed by atoms with Gasteiger partial charge in [-0.05, 0) is 142 Å². The standard InChI is InChI=1S/C18H5Br9S2/c19-6-1-9(22)16(10(23)2-6)28-13-5-8(21)14(26)18(15(13)27)29-17-11(24)3-7(20)4-12(17)25/h1-5H. The molecule has 0 atom stereocenters. The molecule has 0 fully saturated rings. The van der Waals surface area contributed by atoms with Gasteiger partial charge in [0, 0.05) is 59.8 Å². The average Bonchev–Trinajstić information content (AvgIpc) is 2.60. The first-order chi connectivity index (χ1) is 13.6. The molecule has 0 aliphatic heterocycles. The number of benzene rings is 3. The molecule has 0 radical (unpaired) electrons. The van der Waals surface area contributed by atoms with Gasteiger partial charge in [0.15, 0.2) is 0 Å². The van der Waals surface area contributed by atoms with Crippen LogP contribution in [0.1, 0.15) is 0 Å². The first-order valence-corrected chi connectivity index (χ1v) is 16.2. The molecular formula is C18H5Br9S2. The van der Waals surface area contributed by atoms with Gasteiger partial charge in [-0.25, -0.2) is 0 Å². The van der Waals surface area contributed by atoms with Crippen molar-refractivity contribution in [3.05, 3.63) is 70.6 Å². The molecule has 152 valence electrons. The van der Waals surface area contributed by atoms with E-state index in [1.807, 2.05) is 24.3 Å². The van der Waals surface area contributed by atoms with Crippen LogP contribution in [-0.4, -0.2) is 0 Å². The highest BCUT2D eigenvalue weighted by atomic mass is 79.9. The summed E-state index contributed by atoms with van der Waals surface area (Å²) in [6, 6.07) is 10.3. The molecule has 0 aliphatic rings. The molecule has 0 bridgehead atoms. The van der Waals surface area contributed by atoms with Crippen molar-refractivity contribution < 1.29 is 0 Å². The Balaban J connectivity index is 2.09. The van der Waals surface area contributed by atoms with E-state index < -0.39 is 0 Å². The van der Waals surface area contributed by atoms with Crippen LogP contribution in [0, 0.1) is 0 Å². The van der Waals surface area contributed by atoms with Gasteiger partial charge in [-0.1, -0.05) is 55.4 Å². The Morgan fingerprint density at radius 1 is 0.414 bits per heavy atom. The molecule has 0 heterocycles. The van der Waals surface area contributed by atoms with Crippen LogP contribution < -0.4 is 0 Å². The second-order valence-electron chi connectivity index (χ2n) is 5.41. The third-order valence-corrected chi connectivity index (χ3v) is 13.9. The minimum Gasteiger partial charge on any atom is -0.0864 e. The molecule has 0 saturated carbocycles. The summed E-state index contributed by atoms with van der Waals surface area (Å²) in [6.07, 6.45) is 0. The second-order valence-corrected chi connectivity index (χ2v) is 15.2. The van der Waals surface area contributed by atoms with Crippen LogP contribution >= 0.6 is 167 Å². The summed E-state index contributed by atoms with van der Waals surface area (Å²) >= 11 is 36.4. The molecule has 3 rings (SSSR count). The van der Waals surface area contributed by atoms with Gasteiger partial charge in [0.05, 0.1) is 0 Å². The van der Waals surface area contributed by atoms with Crippen molar-refractivity contribution in [1.82, 2.24) is 0 Å². The Bertz CT molecular complexity index is 1070. The van der Waals surface area contributed by atoms with E-state index in [0.717, 1.165) is 59.8 Å². The van der Waals surface area contributed by atoms with Crippen molar-refractivity contribution in [1.29, 1.82) is 0 Å². The van der Waals surface area contributed by atoms with Crippen LogP contribution in [0.25, 0.3) is 0 Å². The van der Waals surface area contributed by atoms with E-state index in [1.165, 1.54) is 0 Å². The van der Waals surface area contributed by atoms with E-state index in [1.54, 1.807) is 23.5 Å². The van der Waals surface area contributed by atoms with Gasteiger partial charge in [0.25, 0.3) is 0 Å². The number of rotatable bonds is 4. The summed E-state index contributed by atoms with van der Waals surface area (Å²) < 4.78 is 9.07. The van der Waals surface area contributed by atoms with Gasteiger partial charge >= 0.3 is 0 Å². The monoisotopic (exact) mass is 995 g/mol. The Morgan fingerprint density at radius 2 is 0.828 bits per heavy atom. The topological polar surface area (TPSA) is 0 Å². The first kappa shape index (κ1) is 26.3. The molecular weight excluding hydrogens is 999 g/mol. The van der Waals surface area contributed by atoms with Gasteiger partial charge < -0.3 is 0 Å². The van der Waals surface area contributed by atoms with E-state index in [4.69, 9.17) is 0 Å². The molecule has 0 N–H and O–H groups in total. The quantitative estimate of drug-likeness (QED) is 0.239. The molecule has 0 unspecified atom stereocenters. The Labute approximate surface area is 253 Å². The molecule has 0 saturated heterocycles. The smallest absolute Gasteiger partial charge is 0.0469 e. The van der Waals surface area contributed by atoms with Crippen LogP contribution in [0.5, 0.6) is 0 Å². The van der Waals surface area contributed by atoms with Crippen molar-refractivity contribution in [2.75, 3.05) is 0 Å². The fraction of sp³-hybridized carbons (Fsp3) is 0. The second kappa shape index (κ2) is 11.4. The fourth-order valence-corrected chi connectivity index (χ4v) is 11.9. The lowest BCUT2D eigenvalue weighted by Crippen LogP contribution is -1.88. The molecule has 0 spiro atoms. The maximum Gasteiger partial charge on any atom is 0.0469 e. The summed E-state index contributed by atoms with van der Waals surface area (Å²) in [7, 11) is 0. The first-order valence-electron chi connectivity index (χ1n) is 7.40. The van der Waals surface area contributed by atoms with E-state index >= 15 is 0 Å². The summed E-state index contributed by atoms with van der Waals surface area (Å²) in [6.45, 7) is 0. The van der Waals surface area contributed by atoms with Crippen LogP contribution in [0.4, 0.5) is 0 Å². The minimum atomic E-state index is 0.986. The highest BCUT2D eigenvalue weighted by Gasteiger charge is 2.20. The molecule has 0 aliphatic carbocycles. The summed E-state index contributed by atoms with van der Waals surface area (Å²) in [5.74, 6) is 0. The third-order valence-electron chi connectivity index (χ3n) is 3.42. The lowest BCUT2D eigenvalue weighted by molar-refractivity contribution is 1.20. The van der Waals surface area contributed by atoms with Crippen molar-refractivity contribution in [2.45, 2.75) is 19.6 Å². The van der Waals surface area contributed by atoms with Crippen LogP contribution in [0.2, 0.25) is 0 Å². The average molecular weight is 1000 g/mol. The van der Waals surface area contributed by atoms with E-state index in [9.17, 15) is 0 Å². The lowest BCUT2D eigenvalue weighted by Gasteiger charge is -2.16. The van der Waals surface area contributed by atoms with E-state index in [0.29, 0.717) is 0 Å². The predicted molar refractivity (Wildman–Crippen MR) is 157 cm³/mol. The van der Waals surface area contributed by atoms with Crippen LogP contribution in [-0.2, 0) is 0 Å². The van der Waals surface area contributed by atoms with Crippen molar-refractivity contribution in [3.8, 4) is 0 Å². The summed E-state index contributed by atoms with van der Waals surface area (Å²) in [5, 5.41) is 0. The third kappa shape index (κ3) is 6.42. The minimum absolute atomic E-state index is 0.986. The number of halogens is 9. The molecule has 3 aromatic carbocycles. The van der Waals surface area contributed by atoms with E-state index in [2.05, 4.69) is 149 Å². The highest BCUT2D eigenvalue weighted by molar-refractivity contribution is 9.13.